The van der Waals surface area contributed by atoms with Crippen LogP contribution in [0.15, 0.2) is 43.0 Å². The second-order valence-corrected chi connectivity index (χ2v) is 3.22. The zero-order valence-electron chi connectivity index (χ0n) is 7.73. The second kappa shape index (κ2) is 3.49. The average Bonchev–Trinajstić information content (AvgIpc) is 2.27. The maximum Gasteiger partial charge on any atom is 0.129 e. The van der Waals surface area contributed by atoms with Crippen LogP contribution >= 0.6 is 0 Å². The SMILES string of the molecule is C=C[C@H]1C=Cc2ccccc2C1=C=O. The lowest BCUT2D eigenvalue weighted by atomic mass is 9.85. The van der Waals surface area contributed by atoms with E-state index in [4.69, 9.17) is 0 Å². The highest BCUT2D eigenvalue weighted by molar-refractivity contribution is 5.95. The van der Waals surface area contributed by atoms with Crippen LogP contribution < -0.4 is 0 Å². The van der Waals surface area contributed by atoms with E-state index >= 15 is 0 Å². The van der Waals surface area contributed by atoms with E-state index < -0.39 is 0 Å². The van der Waals surface area contributed by atoms with Gasteiger partial charge < -0.3 is 0 Å². The van der Waals surface area contributed by atoms with E-state index in [2.05, 4.69) is 6.58 Å². The Balaban J connectivity index is 2.64. The quantitative estimate of drug-likeness (QED) is 0.482. The Morgan fingerprint density at radius 3 is 2.86 bits per heavy atom. The molecule has 0 radical (unpaired) electrons. The molecule has 1 nitrogen and oxygen atoms in total. The smallest absolute Gasteiger partial charge is 0.129 e. The fourth-order valence-corrected chi connectivity index (χ4v) is 1.69. The Morgan fingerprint density at radius 1 is 1.36 bits per heavy atom. The topological polar surface area (TPSA) is 17.1 Å². The van der Waals surface area contributed by atoms with Crippen molar-refractivity contribution in [3.05, 3.63) is 54.1 Å². The summed E-state index contributed by atoms with van der Waals surface area (Å²) >= 11 is 0. The molecular formula is C13H10O. The van der Waals surface area contributed by atoms with Crippen LogP contribution in [0.4, 0.5) is 0 Å². The van der Waals surface area contributed by atoms with Crippen molar-refractivity contribution in [2.45, 2.75) is 0 Å². The first-order valence-electron chi connectivity index (χ1n) is 4.52. The second-order valence-electron chi connectivity index (χ2n) is 3.22. The summed E-state index contributed by atoms with van der Waals surface area (Å²) in [6.07, 6.45) is 5.74. The molecule has 0 fully saturated rings. The largest absolute Gasteiger partial charge is 0.233 e. The van der Waals surface area contributed by atoms with Crippen molar-refractivity contribution >= 4 is 17.6 Å². The summed E-state index contributed by atoms with van der Waals surface area (Å²) in [6.45, 7) is 3.70. The van der Waals surface area contributed by atoms with Gasteiger partial charge in [-0.1, -0.05) is 42.5 Å². The van der Waals surface area contributed by atoms with Crippen LogP contribution in [0.2, 0.25) is 0 Å². The molecule has 0 aliphatic heterocycles. The van der Waals surface area contributed by atoms with E-state index in [9.17, 15) is 4.79 Å². The van der Waals surface area contributed by atoms with Gasteiger partial charge in [0.15, 0.2) is 0 Å². The third-order valence-corrected chi connectivity index (χ3v) is 2.43. The number of rotatable bonds is 1. The standard InChI is InChI=1S/C13H10O/c1-2-10-7-8-11-5-3-4-6-12(11)13(10)9-14/h2-8,10H,1H2/t10-/m0/s1. The molecule has 0 saturated carbocycles. The van der Waals surface area contributed by atoms with E-state index in [0.29, 0.717) is 5.57 Å². The Labute approximate surface area is 83.1 Å². The fourth-order valence-electron chi connectivity index (χ4n) is 1.69. The molecule has 1 atom stereocenters. The van der Waals surface area contributed by atoms with Crippen LogP contribution in [0.3, 0.4) is 0 Å². The van der Waals surface area contributed by atoms with E-state index in [1.165, 1.54) is 0 Å². The van der Waals surface area contributed by atoms with Gasteiger partial charge in [0.25, 0.3) is 0 Å². The highest BCUT2D eigenvalue weighted by atomic mass is 16.1. The van der Waals surface area contributed by atoms with Crippen LogP contribution in [0.5, 0.6) is 0 Å². The summed E-state index contributed by atoms with van der Waals surface area (Å²) in [7, 11) is 0. The van der Waals surface area contributed by atoms with Crippen LogP contribution in [0, 0.1) is 5.92 Å². The highest BCUT2D eigenvalue weighted by Crippen LogP contribution is 2.31. The summed E-state index contributed by atoms with van der Waals surface area (Å²) in [6, 6.07) is 7.81. The maximum absolute atomic E-state index is 10.8. The van der Waals surface area contributed by atoms with Crippen molar-refractivity contribution in [1.82, 2.24) is 0 Å². The summed E-state index contributed by atoms with van der Waals surface area (Å²) in [5, 5.41) is 0. The minimum atomic E-state index is 0.00222. The number of benzene rings is 1. The molecule has 0 unspecified atom stereocenters. The first-order valence-corrected chi connectivity index (χ1v) is 4.52. The van der Waals surface area contributed by atoms with Gasteiger partial charge in [-0.2, -0.15) is 0 Å². The lowest BCUT2D eigenvalue weighted by Gasteiger charge is -2.16. The molecule has 68 valence electrons. The Bertz CT molecular complexity index is 448. The molecule has 0 heterocycles. The van der Waals surface area contributed by atoms with Crippen molar-refractivity contribution in [3.8, 4) is 0 Å². The minimum Gasteiger partial charge on any atom is -0.233 e. The predicted octanol–water partition coefficient (Wildman–Crippen LogP) is 2.73. The van der Waals surface area contributed by atoms with Gasteiger partial charge in [-0.25, -0.2) is 4.79 Å². The number of hydrogen-bond donors (Lipinski definition) is 0. The van der Waals surface area contributed by atoms with Crippen molar-refractivity contribution in [2.75, 3.05) is 0 Å². The summed E-state index contributed by atoms with van der Waals surface area (Å²) < 4.78 is 0. The molecule has 14 heavy (non-hydrogen) atoms. The Hall–Kier alpha value is -1.85. The van der Waals surface area contributed by atoms with Gasteiger partial charge >= 0.3 is 0 Å². The van der Waals surface area contributed by atoms with Crippen molar-refractivity contribution in [2.24, 2.45) is 5.92 Å². The van der Waals surface area contributed by atoms with Crippen LogP contribution in [-0.4, -0.2) is 5.94 Å². The molecule has 1 aliphatic rings. The zero-order chi connectivity index (χ0) is 9.97. The lowest BCUT2D eigenvalue weighted by Crippen LogP contribution is -2.03. The monoisotopic (exact) mass is 182 g/mol. The van der Waals surface area contributed by atoms with Gasteiger partial charge in [-0.15, -0.1) is 6.58 Å². The third-order valence-electron chi connectivity index (χ3n) is 2.43. The van der Waals surface area contributed by atoms with Gasteiger partial charge in [0.1, 0.15) is 5.94 Å². The van der Waals surface area contributed by atoms with Crippen molar-refractivity contribution in [1.29, 1.82) is 0 Å². The summed E-state index contributed by atoms with van der Waals surface area (Å²) in [5.74, 6) is 2.01. The highest BCUT2D eigenvalue weighted by Gasteiger charge is 2.17. The first-order chi connectivity index (χ1) is 6.86. The molecule has 1 heteroatoms. The molecule has 0 N–H and O–H groups in total. The van der Waals surface area contributed by atoms with Crippen LogP contribution in [0.1, 0.15) is 11.1 Å². The molecule has 1 aromatic carbocycles. The summed E-state index contributed by atoms with van der Waals surface area (Å²) in [4.78, 5) is 10.8. The van der Waals surface area contributed by atoms with Crippen molar-refractivity contribution in [3.63, 3.8) is 0 Å². The summed E-state index contributed by atoms with van der Waals surface area (Å²) in [5.41, 5.74) is 2.72. The van der Waals surface area contributed by atoms with Gasteiger partial charge in [-0.05, 0) is 11.1 Å². The van der Waals surface area contributed by atoms with E-state index in [-0.39, 0.29) is 5.92 Å². The van der Waals surface area contributed by atoms with Gasteiger partial charge in [-0.3, -0.25) is 0 Å². The zero-order valence-corrected chi connectivity index (χ0v) is 7.73. The van der Waals surface area contributed by atoms with Crippen molar-refractivity contribution < 1.29 is 4.79 Å². The average molecular weight is 182 g/mol. The molecule has 1 aromatic rings. The van der Waals surface area contributed by atoms with Gasteiger partial charge in [0, 0.05) is 5.92 Å². The van der Waals surface area contributed by atoms with E-state index in [0.717, 1.165) is 11.1 Å². The Morgan fingerprint density at radius 2 is 2.14 bits per heavy atom. The molecule has 0 amide bonds. The van der Waals surface area contributed by atoms with Crippen LogP contribution in [0.25, 0.3) is 11.6 Å². The number of allylic oxidation sites excluding steroid dienone is 3. The molecule has 0 bridgehead atoms. The van der Waals surface area contributed by atoms with Gasteiger partial charge in [0.05, 0.1) is 5.57 Å². The number of hydrogen-bond acceptors (Lipinski definition) is 1. The van der Waals surface area contributed by atoms with E-state index in [1.54, 1.807) is 6.08 Å². The minimum absolute atomic E-state index is 0.00222. The molecule has 0 spiro atoms. The normalized spacial score (nSPS) is 18.6. The maximum atomic E-state index is 10.8. The van der Waals surface area contributed by atoms with Crippen LogP contribution in [-0.2, 0) is 4.79 Å². The molecule has 1 aliphatic carbocycles. The lowest BCUT2D eigenvalue weighted by molar-refractivity contribution is 0.568. The first kappa shape index (κ1) is 8.74. The third kappa shape index (κ3) is 1.24. The molecule has 2 rings (SSSR count). The molecule has 0 saturated heterocycles. The van der Waals surface area contributed by atoms with E-state index in [1.807, 2.05) is 42.4 Å². The van der Waals surface area contributed by atoms with Gasteiger partial charge in [0.2, 0.25) is 0 Å². The molecular weight excluding hydrogens is 172 g/mol. The number of carbonyl (C=O) groups excluding carboxylic acids is 1. The fraction of sp³-hybridized carbons (Fsp3) is 0.0769. The predicted molar refractivity (Wildman–Crippen MR) is 58.3 cm³/mol. The Kier molecular flexibility index (Phi) is 2.18. The number of fused-ring (bicyclic) bond motifs is 1. The molecule has 0 aromatic heterocycles.